The number of carbonyl (C=O) groups is 1. The van der Waals surface area contributed by atoms with Crippen LogP contribution in [0.1, 0.15) is 16.1 Å². The van der Waals surface area contributed by atoms with Crippen molar-refractivity contribution in [3.63, 3.8) is 0 Å². The molecule has 0 saturated carbocycles. The van der Waals surface area contributed by atoms with Crippen molar-refractivity contribution in [2.24, 2.45) is 7.05 Å². The van der Waals surface area contributed by atoms with Crippen LogP contribution in [-0.4, -0.2) is 22.4 Å². The minimum absolute atomic E-state index is 0.0389. The smallest absolute Gasteiger partial charge is 0.254 e. The first-order valence-corrected chi connectivity index (χ1v) is 9.50. The van der Waals surface area contributed by atoms with Crippen molar-refractivity contribution in [3.8, 4) is 11.1 Å². The average Bonchev–Trinajstić information content (AvgIpc) is 3.30. The van der Waals surface area contributed by atoms with Gasteiger partial charge in [-0.2, -0.15) is 11.3 Å². The number of aromatic nitrogens is 1. The number of hydrogen-bond acceptors (Lipinski definition) is 2. The molecule has 0 unspecified atom stereocenters. The van der Waals surface area contributed by atoms with Gasteiger partial charge in [0.1, 0.15) is 0 Å². The van der Waals surface area contributed by atoms with E-state index in [0.29, 0.717) is 6.54 Å². The highest BCUT2D eigenvalue weighted by Gasteiger charge is 2.18. The SMILES string of the molecule is CN(Cc1cc2ccccc2n1C)C(=O)c1ccccc1-c1ccsc1. The number of nitrogens with zero attached hydrogens (tertiary/aromatic N) is 2. The minimum Gasteiger partial charge on any atom is -0.346 e. The molecule has 0 bridgehead atoms. The maximum Gasteiger partial charge on any atom is 0.254 e. The lowest BCUT2D eigenvalue weighted by Gasteiger charge is -2.19. The van der Waals surface area contributed by atoms with Gasteiger partial charge in [-0.25, -0.2) is 0 Å². The van der Waals surface area contributed by atoms with E-state index in [-0.39, 0.29) is 5.91 Å². The van der Waals surface area contributed by atoms with Crippen LogP contribution in [0.25, 0.3) is 22.0 Å². The van der Waals surface area contributed by atoms with Crippen molar-refractivity contribution >= 4 is 28.1 Å². The molecular weight excluding hydrogens is 340 g/mol. The number of amides is 1. The van der Waals surface area contributed by atoms with Crippen LogP contribution >= 0.6 is 11.3 Å². The lowest BCUT2D eigenvalue weighted by atomic mass is 10.0. The molecule has 26 heavy (non-hydrogen) atoms. The average molecular weight is 360 g/mol. The second kappa shape index (κ2) is 6.81. The van der Waals surface area contributed by atoms with Crippen LogP contribution in [-0.2, 0) is 13.6 Å². The third-order valence-electron chi connectivity index (χ3n) is 4.79. The first kappa shape index (κ1) is 16.6. The van der Waals surface area contributed by atoms with E-state index >= 15 is 0 Å². The molecule has 0 saturated heterocycles. The van der Waals surface area contributed by atoms with Crippen molar-refractivity contribution in [1.82, 2.24) is 9.47 Å². The first-order valence-electron chi connectivity index (χ1n) is 8.55. The molecule has 4 rings (SSSR count). The Morgan fingerprint density at radius 3 is 2.62 bits per heavy atom. The summed E-state index contributed by atoms with van der Waals surface area (Å²) in [6.45, 7) is 0.571. The third kappa shape index (κ3) is 2.93. The van der Waals surface area contributed by atoms with Gasteiger partial charge >= 0.3 is 0 Å². The summed E-state index contributed by atoms with van der Waals surface area (Å²) in [4.78, 5) is 14.9. The molecule has 0 aliphatic rings. The summed E-state index contributed by atoms with van der Waals surface area (Å²) in [6, 6.07) is 20.3. The van der Waals surface area contributed by atoms with Gasteiger partial charge in [0.25, 0.3) is 5.91 Å². The van der Waals surface area contributed by atoms with Gasteiger partial charge in [-0.05, 0) is 51.5 Å². The molecule has 2 heterocycles. The Kier molecular flexibility index (Phi) is 4.35. The standard InChI is InChI=1S/C22H20N2OS/c1-23(14-18-13-16-7-3-6-10-21(16)24(18)2)22(25)20-9-5-4-8-19(20)17-11-12-26-15-17/h3-13,15H,14H2,1-2H3. The van der Waals surface area contributed by atoms with E-state index in [1.807, 2.05) is 48.8 Å². The molecule has 4 aromatic rings. The molecule has 3 nitrogen and oxygen atoms in total. The highest BCUT2D eigenvalue weighted by Crippen LogP contribution is 2.27. The van der Waals surface area contributed by atoms with Crippen molar-refractivity contribution in [2.75, 3.05) is 7.05 Å². The molecule has 0 aliphatic carbocycles. The summed E-state index contributed by atoms with van der Waals surface area (Å²) in [6.07, 6.45) is 0. The van der Waals surface area contributed by atoms with E-state index < -0.39 is 0 Å². The molecule has 0 fully saturated rings. The van der Waals surface area contributed by atoms with Crippen LogP contribution in [0.5, 0.6) is 0 Å². The van der Waals surface area contributed by atoms with Gasteiger partial charge in [-0.1, -0.05) is 36.4 Å². The molecule has 4 heteroatoms. The summed E-state index contributed by atoms with van der Waals surface area (Å²) in [7, 11) is 3.92. The summed E-state index contributed by atoms with van der Waals surface area (Å²) >= 11 is 1.64. The third-order valence-corrected chi connectivity index (χ3v) is 5.47. The van der Waals surface area contributed by atoms with Crippen molar-refractivity contribution in [3.05, 3.63) is 82.7 Å². The van der Waals surface area contributed by atoms with E-state index in [0.717, 1.165) is 22.4 Å². The summed E-state index contributed by atoms with van der Waals surface area (Å²) in [5, 5.41) is 5.32. The van der Waals surface area contributed by atoms with Crippen LogP contribution in [0.2, 0.25) is 0 Å². The van der Waals surface area contributed by atoms with E-state index in [1.54, 1.807) is 16.2 Å². The fraction of sp³-hybridized carbons (Fsp3) is 0.136. The molecule has 0 atom stereocenters. The number of aryl methyl sites for hydroxylation is 1. The predicted molar refractivity (Wildman–Crippen MR) is 108 cm³/mol. The van der Waals surface area contributed by atoms with Gasteiger partial charge in [-0.3, -0.25) is 4.79 Å². The summed E-state index contributed by atoms with van der Waals surface area (Å²) in [5.41, 5.74) is 5.13. The zero-order valence-corrected chi connectivity index (χ0v) is 15.7. The van der Waals surface area contributed by atoms with Gasteiger partial charge in [0.05, 0.1) is 6.54 Å². The van der Waals surface area contributed by atoms with Gasteiger partial charge in [0.2, 0.25) is 0 Å². The normalized spacial score (nSPS) is 11.0. The second-order valence-electron chi connectivity index (χ2n) is 6.47. The second-order valence-corrected chi connectivity index (χ2v) is 7.25. The first-order chi connectivity index (χ1) is 12.6. The molecule has 2 aromatic carbocycles. The number of thiophene rings is 1. The van der Waals surface area contributed by atoms with Crippen LogP contribution in [0.4, 0.5) is 0 Å². The molecule has 130 valence electrons. The predicted octanol–water partition coefficient (Wildman–Crippen LogP) is 5.18. The van der Waals surface area contributed by atoms with Crippen LogP contribution in [0, 0.1) is 0 Å². The van der Waals surface area contributed by atoms with Crippen molar-refractivity contribution in [1.29, 1.82) is 0 Å². The molecule has 0 aliphatic heterocycles. The van der Waals surface area contributed by atoms with Crippen LogP contribution < -0.4 is 0 Å². The fourth-order valence-corrected chi connectivity index (χ4v) is 4.01. The zero-order valence-electron chi connectivity index (χ0n) is 14.8. The van der Waals surface area contributed by atoms with Gasteiger partial charge in [0.15, 0.2) is 0 Å². The topological polar surface area (TPSA) is 25.2 Å². The molecule has 0 N–H and O–H groups in total. The molecule has 0 spiro atoms. The number of carbonyl (C=O) groups excluding carboxylic acids is 1. The molecule has 0 radical (unpaired) electrons. The Morgan fingerprint density at radius 1 is 1.08 bits per heavy atom. The lowest BCUT2D eigenvalue weighted by Crippen LogP contribution is -2.27. The van der Waals surface area contributed by atoms with E-state index in [4.69, 9.17) is 0 Å². The Bertz CT molecular complexity index is 1060. The molecule has 2 aromatic heterocycles. The maximum atomic E-state index is 13.1. The monoisotopic (exact) mass is 360 g/mol. The largest absolute Gasteiger partial charge is 0.346 e. The van der Waals surface area contributed by atoms with Gasteiger partial charge in [-0.15, -0.1) is 0 Å². The Balaban J connectivity index is 1.64. The number of fused-ring (bicyclic) bond motifs is 1. The van der Waals surface area contributed by atoms with Crippen molar-refractivity contribution in [2.45, 2.75) is 6.54 Å². The maximum absolute atomic E-state index is 13.1. The number of benzene rings is 2. The highest BCUT2D eigenvalue weighted by molar-refractivity contribution is 7.08. The van der Waals surface area contributed by atoms with Crippen LogP contribution in [0.3, 0.4) is 0 Å². The quantitative estimate of drug-likeness (QED) is 0.492. The number of para-hydroxylation sites is 1. The number of rotatable bonds is 4. The molecule has 1 amide bonds. The minimum atomic E-state index is 0.0389. The summed E-state index contributed by atoms with van der Waals surface area (Å²) < 4.78 is 2.16. The van der Waals surface area contributed by atoms with E-state index in [2.05, 4.69) is 41.3 Å². The zero-order chi connectivity index (χ0) is 18.1. The Morgan fingerprint density at radius 2 is 1.85 bits per heavy atom. The fourth-order valence-electron chi connectivity index (χ4n) is 3.36. The number of hydrogen-bond donors (Lipinski definition) is 0. The molecular formula is C22H20N2OS. The van der Waals surface area contributed by atoms with Crippen molar-refractivity contribution < 1.29 is 4.79 Å². The Hall–Kier alpha value is -2.85. The Labute approximate surface area is 157 Å². The van der Waals surface area contributed by atoms with Gasteiger partial charge < -0.3 is 9.47 Å². The van der Waals surface area contributed by atoms with Gasteiger partial charge in [0, 0.05) is 30.9 Å². The summed E-state index contributed by atoms with van der Waals surface area (Å²) in [5.74, 6) is 0.0389. The van der Waals surface area contributed by atoms with E-state index in [1.165, 1.54) is 10.9 Å². The lowest BCUT2D eigenvalue weighted by molar-refractivity contribution is 0.0783. The van der Waals surface area contributed by atoms with E-state index in [9.17, 15) is 4.79 Å². The van der Waals surface area contributed by atoms with Crippen LogP contribution in [0.15, 0.2) is 71.4 Å². The highest BCUT2D eigenvalue weighted by atomic mass is 32.1.